The highest BCUT2D eigenvalue weighted by Crippen LogP contribution is 2.46. The molecular formula is C24H21Cl2N5O3. The van der Waals surface area contributed by atoms with E-state index in [0.717, 1.165) is 11.1 Å². The maximum Gasteiger partial charge on any atom is 0.256 e. The fraction of sp³-hybridized carbons (Fsp3) is 0.292. The van der Waals surface area contributed by atoms with E-state index < -0.39 is 17.7 Å². The van der Waals surface area contributed by atoms with Crippen molar-refractivity contribution in [2.75, 3.05) is 0 Å². The lowest BCUT2D eigenvalue weighted by atomic mass is 10.0. The largest absolute Gasteiger partial charge is 0.390 e. The molecule has 1 aliphatic carbocycles. The summed E-state index contributed by atoms with van der Waals surface area (Å²) in [6.07, 6.45) is 2.70. The van der Waals surface area contributed by atoms with Gasteiger partial charge in [-0.3, -0.25) is 14.6 Å². The van der Waals surface area contributed by atoms with Crippen molar-refractivity contribution < 1.29 is 14.7 Å². The van der Waals surface area contributed by atoms with Gasteiger partial charge in [0.15, 0.2) is 0 Å². The van der Waals surface area contributed by atoms with Gasteiger partial charge in [-0.2, -0.15) is 0 Å². The van der Waals surface area contributed by atoms with Gasteiger partial charge in [0, 0.05) is 18.2 Å². The Bertz CT molecular complexity index is 1330. The van der Waals surface area contributed by atoms with Crippen molar-refractivity contribution in [1.29, 1.82) is 0 Å². The van der Waals surface area contributed by atoms with Gasteiger partial charge in [0.2, 0.25) is 11.2 Å². The predicted octanol–water partition coefficient (Wildman–Crippen LogP) is 3.27. The minimum Gasteiger partial charge on any atom is -0.390 e. The number of rotatable bonds is 5. The maximum absolute atomic E-state index is 13.2. The third-order valence-corrected chi connectivity index (χ3v) is 6.88. The number of pyridine rings is 1. The molecule has 1 saturated carbocycles. The number of aliphatic hydroxyl groups is 1. The highest BCUT2D eigenvalue weighted by Gasteiger charge is 2.56. The number of aromatic nitrogens is 3. The number of hydrogen-bond acceptors (Lipinski definition) is 6. The predicted molar refractivity (Wildman–Crippen MR) is 126 cm³/mol. The van der Waals surface area contributed by atoms with Crippen molar-refractivity contribution >= 4 is 35.0 Å². The standard InChI is InChI=1S/C24H21Cl2N5O3/c1-12-4-3-5-15(6-12)24(8-19(24)32)30-21(33)13(2)31-11-18-16(22(31)34)7-14(9-27-18)20-17(25)10-28-23(26)29-20/h3-7,9-10,13,19,32H,8,11H2,1-2H3,(H,30,33)/t13-,19-,24?/m1/s1. The van der Waals surface area contributed by atoms with E-state index in [0.29, 0.717) is 28.9 Å². The number of benzene rings is 1. The topological polar surface area (TPSA) is 108 Å². The number of amides is 2. The zero-order valence-electron chi connectivity index (χ0n) is 18.4. The van der Waals surface area contributed by atoms with Crippen LogP contribution in [0, 0.1) is 6.92 Å². The Morgan fingerprint density at radius 1 is 1.26 bits per heavy atom. The summed E-state index contributed by atoms with van der Waals surface area (Å²) in [6.45, 7) is 3.82. The normalized spacial score (nSPS) is 21.9. The van der Waals surface area contributed by atoms with Crippen LogP contribution in [0.1, 0.15) is 40.5 Å². The average molecular weight is 498 g/mol. The molecule has 2 aliphatic rings. The van der Waals surface area contributed by atoms with E-state index in [1.54, 1.807) is 19.2 Å². The molecule has 1 unspecified atom stereocenters. The zero-order valence-corrected chi connectivity index (χ0v) is 19.9. The van der Waals surface area contributed by atoms with Gasteiger partial charge in [-0.25, -0.2) is 9.97 Å². The molecule has 2 N–H and O–H groups in total. The summed E-state index contributed by atoms with van der Waals surface area (Å²) in [7, 11) is 0. The summed E-state index contributed by atoms with van der Waals surface area (Å²) < 4.78 is 0. The number of carbonyl (C=O) groups is 2. The van der Waals surface area contributed by atoms with E-state index in [1.807, 2.05) is 31.2 Å². The van der Waals surface area contributed by atoms with E-state index in [-0.39, 0.29) is 28.7 Å². The number of hydrogen-bond donors (Lipinski definition) is 2. The van der Waals surface area contributed by atoms with Gasteiger partial charge in [-0.1, -0.05) is 41.4 Å². The van der Waals surface area contributed by atoms with Crippen molar-refractivity contribution in [2.24, 2.45) is 0 Å². The number of aliphatic hydroxyl groups excluding tert-OH is 1. The van der Waals surface area contributed by atoms with Crippen LogP contribution in [0.25, 0.3) is 11.3 Å². The summed E-state index contributed by atoms with van der Waals surface area (Å²) in [6, 6.07) is 8.58. The molecule has 0 saturated heterocycles. The van der Waals surface area contributed by atoms with Crippen LogP contribution in [-0.2, 0) is 16.9 Å². The molecule has 3 heterocycles. The molecule has 2 aromatic heterocycles. The molecule has 3 atom stereocenters. The number of carbonyl (C=O) groups excluding carboxylic acids is 2. The summed E-state index contributed by atoms with van der Waals surface area (Å²) in [4.78, 5) is 40.2. The molecule has 0 bridgehead atoms. The van der Waals surface area contributed by atoms with Crippen molar-refractivity contribution in [2.45, 2.75) is 44.5 Å². The molecule has 34 heavy (non-hydrogen) atoms. The van der Waals surface area contributed by atoms with Crippen LogP contribution in [0.3, 0.4) is 0 Å². The summed E-state index contributed by atoms with van der Waals surface area (Å²) >= 11 is 12.1. The monoisotopic (exact) mass is 497 g/mol. The first-order valence-electron chi connectivity index (χ1n) is 10.7. The average Bonchev–Trinajstić information content (AvgIpc) is 3.35. The smallest absolute Gasteiger partial charge is 0.256 e. The molecule has 0 radical (unpaired) electrons. The Labute approximate surface area is 206 Å². The Balaban J connectivity index is 1.36. The second-order valence-electron chi connectivity index (χ2n) is 8.71. The van der Waals surface area contributed by atoms with Crippen LogP contribution in [0.4, 0.5) is 0 Å². The van der Waals surface area contributed by atoms with Crippen molar-refractivity contribution in [3.63, 3.8) is 0 Å². The van der Waals surface area contributed by atoms with Crippen molar-refractivity contribution in [1.82, 2.24) is 25.2 Å². The Morgan fingerprint density at radius 2 is 2.03 bits per heavy atom. The minimum absolute atomic E-state index is 0.0305. The highest BCUT2D eigenvalue weighted by molar-refractivity contribution is 6.33. The first-order chi connectivity index (χ1) is 16.2. The van der Waals surface area contributed by atoms with E-state index in [1.165, 1.54) is 11.1 Å². The molecule has 1 fully saturated rings. The van der Waals surface area contributed by atoms with E-state index in [9.17, 15) is 14.7 Å². The lowest BCUT2D eigenvalue weighted by molar-refractivity contribution is -0.126. The first kappa shape index (κ1) is 22.7. The Morgan fingerprint density at radius 3 is 2.74 bits per heavy atom. The molecule has 3 aromatic rings. The van der Waals surface area contributed by atoms with E-state index in [2.05, 4.69) is 20.3 Å². The third-order valence-electron chi connectivity index (χ3n) is 6.42. The Hall–Kier alpha value is -3.07. The molecule has 5 rings (SSSR count). The Kier molecular flexibility index (Phi) is 5.55. The molecule has 8 nitrogen and oxygen atoms in total. The molecular weight excluding hydrogens is 477 g/mol. The molecule has 0 spiro atoms. The van der Waals surface area contributed by atoms with Crippen LogP contribution in [0.5, 0.6) is 0 Å². The summed E-state index contributed by atoms with van der Waals surface area (Å²) in [5, 5.41) is 13.7. The van der Waals surface area contributed by atoms with Crippen LogP contribution in [-0.4, -0.2) is 48.9 Å². The second-order valence-corrected chi connectivity index (χ2v) is 9.46. The molecule has 174 valence electrons. The number of fused-ring (bicyclic) bond motifs is 1. The fourth-order valence-electron chi connectivity index (χ4n) is 4.33. The lowest BCUT2D eigenvalue weighted by Gasteiger charge is -2.27. The molecule has 2 amide bonds. The second kappa shape index (κ2) is 8.30. The van der Waals surface area contributed by atoms with Gasteiger partial charge in [0.05, 0.1) is 46.4 Å². The number of nitrogens with zero attached hydrogens (tertiary/aromatic N) is 4. The SMILES string of the molecule is Cc1cccc(C2(NC(=O)[C@@H](C)N3Cc4ncc(-c5nc(Cl)ncc5Cl)cc4C3=O)C[C@H]2O)c1. The zero-order chi connectivity index (χ0) is 24.2. The molecule has 1 aromatic carbocycles. The van der Waals surface area contributed by atoms with Crippen molar-refractivity contribution in [3.05, 3.63) is 75.4 Å². The quantitative estimate of drug-likeness (QED) is 0.523. The fourth-order valence-corrected chi connectivity index (χ4v) is 4.67. The van der Waals surface area contributed by atoms with Gasteiger partial charge in [0.1, 0.15) is 6.04 Å². The lowest BCUT2D eigenvalue weighted by Crippen LogP contribution is -2.49. The van der Waals surface area contributed by atoms with Gasteiger partial charge in [0.25, 0.3) is 5.91 Å². The summed E-state index contributed by atoms with van der Waals surface area (Å²) in [5.74, 6) is -0.658. The van der Waals surface area contributed by atoms with Crippen LogP contribution >= 0.6 is 23.2 Å². The molecule has 1 aliphatic heterocycles. The van der Waals surface area contributed by atoms with Gasteiger partial charge in [-0.05, 0) is 37.1 Å². The minimum atomic E-state index is -0.832. The van der Waals surface area contributed by atoms with Gasteiger partial charge >= 0.3 is 0 Å². The van der Waals surface area contributed by atoms with E-state index >= 15 is 0 Å². The van der Waals surface area contributed by atoms with Crippen LogP contribution in [0.2, 0.25) is 10.3 Å². The maximum atomic E-state index is 13.2. The highest BCUT2D eigenvalue weighted by atomic mass is 35.5. The number of halogens is 2. The van der Waals surface area contributed by atoms with Crippen molar-refractivity contribution in [3.8, 4) is 11.3 Å². The van der Waals surface area contributed by atoms with Gasteiger partial charge in [-0.15, -0.1) is 0 Å². The summed E-state index contributed by atoms with van der Waals surface area (Å²) in [5.41, 5.74) is 2.89. The third kappa shape index (κ3) is 3.81. The first-order valence-corrected chi connectivity index (χ1v) is 11.5. The number of aryl methyl sites for hydroxylation is 1. The molecule has 10 heteroatoms. The van der Waals surface area contributed by atoms with Crippen LogP contribution in [0.15, 0.2) is 42.7 Å². The van der Waals surface area contributed by atoms with Gasteiger partial charge < -0.3 is 15.3 Å². The number of nitrogens with one attached hydrogen (secondary N) is 1. The van der Waals surface area contributed by atoms with Crippen LogP contribution < -0.4 is 5.32 Å². The van der Waals surface area contributed by atoms with E-state index in [4.69, 9.17) is 23.2 Å².